The summed E-state index contributed by atoms with van der Waals surface area (Å²) in [4.78, 5) is 0. The molecule has 0 bridgehead atoms. The molecule has 0 saturated carbocycles. The summed E-state index contributed by atoms with van der Waals surface area (Å²) in [6.07, 6.45) is 1.10. The molecule has 78 valence electrons. The summed E-state index contributed by atoms with van der Waals surface area (Å²) in [6.45, 7) is 6.58. The van der Waals surface area contributed by atoms with E-state index in [0.717, 1.165) is 25.2 Å². The number of nitrogens with one attached hydrogen (secondary N) is 1. The summed E-state index contributed by atoms with van der Waals surface area (Å²) in [6, 6.07) is 0. The number of aromatic nitrogens is 2. The first-order valence-electron chi connectivity index (χ1n) is 4.90. The lowest BCUT2D eigenvalue weighted by Gasteiger charge is -2.39. The average molecular weight is 258 g/mol. The third-order valence-electron chi connectivity index (χ3n) is 2.96. The first kappa shape index (κ1) is 10.2. The molecule has 1 N–H and O–H groups in total. The van der Waals surface area contributed by atoms with Gasteiger partial charge in [0.1, 0.15) is 0 Å². The Morgan fingerprint density at radius 1 is 1.57 bits per heavy atom. The van der Waals surface area contributed by atoms with E-state index in [0.29, 0.717) is 5.41 Å². The van der Waals surface area contributed by atoms with Gasteiger partial charge in [-0.25, -0.2) is 0 Å². The van der Waals surface area contributed by atoms with Crippen molar-refractivity contribution in [2.75, 3.05) is 13.1 Å². The van der Waals surface area contributed by atoms with Gasteiger partial charge >= 0.3 is 0 Å². The fourth-order valence-corrected chi connectivity index (χ4v) is 2.43. The zero-order valence-corrected chi connectivity index (χ0v) is 10.5. The smallest absolute Gasteiger partial charge is 0.0738 e. The van der Waals surface area contributed by atoms with Gasteiger partial charge in [0.05, 0.1) is 15.9 Å². The van der Waals surface area contributed by atoms with E-state index in [1.54, 1.807) is 0 Å². The first-order chi connectivity index (χ1) is 6.52. The lowest BCUT2D eigenvalue weighted by Crippen LogP contribution is -2.52. The van der Waals surface area contributed by atoms with E-state index in [2.05, 4.69) is 33.3 Å². The van der Waals surface area contributed by atoms with Crippen molar-refractivity contribution in [1.29, 1.82) is 0 Å². The second kappa shape index (κ2) is 3.35. The number of nitrogens with zero attached hydrogens (tertiary/aromatic N) is 2. The minimum absolute atomic E-state index is 0.419. The highest BCUT2D eigenvalue weighted by molar-refractivity contribution is 9.10. The van der Waals surface area contributed by atoms with Gasteiger partial charge in [-0.3, -0.25) is 4.68 Å². The predicted molar refractivity (Wildman–Crippen MR) is 60.3 cm³/mol. The summed E-state index contributed by atoms with van der Waals surface area (Å²) in [5, 5.41) is 7.73. The third kappa shape index (κ3) is 1.61. The van der Waals surface area contributed by atoms with Crippen molar-refractivity contribution in [2.45, 2.75) is 20.3 Å². The Labute approximate surface area is 93.0 Å². The molecule has 1 saturated heterocycles. The molecule has 0 atom stereocenters. The molecule has 2 heterocycles. The molecule has 4 heteroatoms. The fourth-order valence-electron chi connectivity index (χ4n) is 1.95. The molecule has 0 spiro atoms. The van der Waals surface area contributed by atoms with Crippen molar-refractivity contribution in [3.63, 3.8) is 0 Å². The normalized spacial score (nSPS) is 19.4. The van der Waals surface area contributed by atoms with Gasteiger partial charge in [-0.05, 0) is 34.7 Å². The molecule has 0 amide bonds. The minimum Gasteiger partial charge on any atom is -0.316 e. The Morgan fingerprint density at radius 2 is 2.21 bits per heavy atom. The Kier molecular flexibility index (Phi) is 2.43. The van der Waals surface area contributed by atoms with E-state index in [1.807, 2.05) is 18.7 Å². The molecule has 0 unspecified atom stereocenters. The van der Waals surface area contributed by atoms with Gasteiger partial charge < -0.3 is 5.32 Å². The number of hydrogen-bond donors (Lipinski definition) is 1. The average Bonchev–Trinajstić information content (AvgIpc) is 2.29. The van der Waals surface area contributed by atoms with Crippen LogP contribution in [0.2, 0.25) is 0 Å². The van der Waals surface area contributed by atoms with Crippen molar-refractivity contribution in [2.24, 2.45) is 12.5 Å². The van der Waals surface area contributed by atoms with Crippen LogP contribution in [0.15, 0.2) is 4.47 Å². The number of halogens is 1. The molecule has 0 radical (unpaired) electrons. The SMILES string of the molecule is Cc1nn(C)c(CC2(C)CNC2)c1Br. The van der Waals surface area contributed by atoms with E-state index >= 15 is 0 Å². The van der Waals surface area contributed by atoms with Gasteiger partial charge in [-0.2, -0.15) is 5.10 Å². The van der Waals surface area contributed by atoms with E-state index in [-0.39, 0.29) is 0 Å². The molecule has 0 aliphatic carbocycles. The topological polar surface area (TPSA) is 29.9 Å². The maximum absolute atomic E-state index is 4.40. The maximum atomic E-state index is 4.40. The summed E-state index contributed by atoms with van der Waals surface area (Å²) in [5.41, 5.74) is 2.81. The van der Waals surface area contributed by atoms with Crippen molar-refractivity contribution < 1.29 is 0 Å². The Morgan fingerprint density at radius 3 is 2.57 bits per heavy atom. The Bertz CT molecular complexity index is 352. The first-order valence-corrected chi connectivity index (χ1v) is 5.70. The van der Waals surface area contributed by atoms with Crippen molar-refractivity contribution >= 4 is 15.9 Å². The highest BCUT2D eigenvalue weighted by Crippen LogP contribution is 2.31. The molecule has 1 aliphatic rings. The van der Waals surface area contributed by atoms with Gasteiger partial charge in [-0.15, -0.1) is 0 Å². The predicted octanol–water partition coefficient (Wildman–Crippen LogP) is 1.64. The van der Waals surface area contributed by atoms with Crippen LogP contribution in [0.1, 0.15) is 18.3 Å². The maximum Gasteiger partial charge on any atom is 0.0738 e. The van der Waals surface area contributed by atoms with E-state index in [4.69, 9.17) is 0 Å². The van der Waals surface area contributed by atoms with Crippen LogP contribution in [0.5, 0.6) is 0 Å². The van der Waals surface area contributed by atoms with Crippen LogP contribution < -0.4 is 5.32 Å². The van der Waals surface area contributed by atoms with Crippen LogP contribution in [0.3, 0.4) is 0 Å². The standard InChI is InChI=1S/C10H16BrN3/c1-7-9(11)8(14(3)13-7)4-10(2)5-12-6-10/h12H,4-6H2,1-3H3. The molecule has 3 nitrogen and oxygen atoms in total. The monoisotopic (exact) mass is 257 g/mol. The molecule has 1 aromatic rings. The lowest BCUT2D eigenvalue weighted by atomic mass is 9.80. The molecular formula is C10H16BrN3. The third-order valence-corrected chi connectivity index (χ3v) is 3.99. The van der Waals surface area contributed by atoms with Gasteiger partial charge in [0.25, 0.3) is 0 Å². The second-order valence-electron chi connectivity index (χ2n) is 4.56. The van der Waals surface area contributed by atoms with Gasteiger partial charge in [0, 0.05) is 20.1 Å². The van der Waals surface area contributed by atoms with Gasteiger partial charge in [0.2, 0.25) is 0 Å². The molecule has 14 heavy (non-hydrogen) atoms. The van der Waals surface area contributed by atoms with Gasteiger partial charge in [-0.1, -0.05) is 6.92 Å². The Balaban J connectivity index is 2.23. The largest absolute Gasteiger partial charge is 0.316 e. The van der Waals surface area contributed by atoms with E-state index in [1.165, 1.54) is 10.2 Å². The van der Waals surface area contributed by atoms with Crippen LogP contribution >= 0.6 is 15.9 Å². The molecule has 2 rings (SSSR count). The molecule has 1 aliphatic heterocycles. The number of rotatable bonds is 2. The molecule has 1 fully saturated rings. The van der Waals surface area contributed by atoms with Crippen LogP contribution in [-0.4, -0.2) is 22.9 Å². The van der Waals surface area contributed by atoms with Crippen LogP contribution in [-0.2, 0) is 13.5 Å². The number of aryl methyl sites for hydroxylation is 2. The fraction of sp³-hybridized carbons (Fsp3) is 0.700. The second-order valence-corrected chi connectivity index (χ2v) is 5.35. The van der Waals surface area contributed by atoms with Crippen LogP contribution in [0, 0.1) is 12.3 Å². The molecular weight excluding hydrogens is 242 g/mol. The van der Waals surface area contributed by atoms with Crippen molar-refractivity contribution in [3.8, 4) is 0 Å². The van der Waals surface area contributed by atoms with Gasteiger partial charge in [0.15, 0.2) is 0 Å². The zero-order chi connectivity index (χ0) is 10.3. The summed E-state index contributed by atoms with van der Waals surface area (Å²) < 4.78 is 3.16. The van der Waals surface area contributed by atoms with Crippen LogP contribution in [0.25, 0.3) is 0 Å². The lowest BCUT2D eigenvalue weighted by molar-refractivity contribution is 0.191. The molecule has 0 aromatic carbocycles. The quantitative estimate of drug-likeness (QED) is 0.874. The minimum atomic E-state index is 0.419. The highest BCUT2D eigenvalue weighted by Gasteiger charge is 2.33. The zero-order valence-electron chi connectivity index (χ0n) is 8.89. The molecule has 1 aromatic heterocycles. The Hall–Kier alpha value is -0.350. The van der Waals surface area contributed by atoms with E-state index < -0.39 is 0 Å². The summed E-state index contributed by atoms with van der Waals surface area (Å²) in [7, 11) is 2.02. The van der Waals surface area contributed by atoms with Crippen LogP contribution in [0.4, 0.5) is 0 Å². The van der Waals surface area contributed by atoms with Crippen molar-refractivity contribution in [1.82, 2.24) is 15.1 Å². The summed E-state index contributed by atoms with van der Waals surface area (Å²) in [5.74, 6) is 0. The summed E-state index contributed by atoms with van der Waals surface area (Å²) >= 11 is 3.60. The van der Waals surface area contributed by atoms with E-state index in [9.17, 15) is 0 Å². The number of hydrogen-bond acceptors (Lipinski definition) is 2. The van der Waals surface area contributed by atoms with Crippen molar-refractivity contribution in [3.05, 3.63) is 15.9 Å². The highest BCUT2D eigenvalue weighted by atomic mass is 79.9.